The zero-order chi connectivity index (χ0) is 21.6. The number of nitrogens with zero attached hydrogens (tertiary/aromatic N) is 2. The van der Waals surface area contributed by atoms with Crippen molar-refractivity contribution in [1.29, 1.82) is 0 Å². The SMILES string of the molecule is CC1CC(C)CN(CCCCNC(=O)C2CCN(S(=O)(=O)c3ccccc3)CC2)C1. The lowest BCUT2D eigenvalue weighted by Crippen LogP contribution is -2.43. The Morgan fingerprint density at radius 1 is 1.03 bits per heavy atom. The van der Waals surface area contributed by atoms with Crippen LogP contribution < -0.4 is 5.32 Å². The molecule has 0 bridgehead atoms. The Balaban J connectivity index is 1.34. The summed E-state index contributed by atoms with van der Waals surface area (Å²) in [6.07, 6.45) is 4.60. The van der Waals surface area contributed by atoms with Gasteiger partial charge in [-0.2, -0.15) is 4.31 Å². The molecule has 0 radical (unpaired) electrons. The first kappa shape index (κ1) is 23.2. The van der Waals surface area contributed by atoms with Gasteiger partial charge in [0.1, 0.15) is 0 Å². The second kappa shape index (κ2) is 10.7. The van der Waals surface area contributed by atoms with Crippen LogP contribution in [0.2, 0.25) is 0 Å². The second-order valence-corrected chi connectivity index (χ2v) is 11.1. The monoisotopic (exact) mass is 435 g/mol. The summed E-state index contributed by atoms with van der Waals surface area (Å²) in [5.41, 5.74) is 0. The number of rotatable bonds is 8. The van der Waals surface area contributed by atoms with Crippen LogP contribution in [0.3, 0.4) is 0 Å². The van der Waals surface area contributed by atoms with Gasteiger partial charge in [0.15, 0.2) is 0 Å². The van der Waals surface area contributed by atoms with E-state index >= 15 is 0 Å². The van der Waals surface area contributed by atoms with Crippen molar-refractivity contribution >= 4 is 15.9 Å². The van der Waals surface area contributed by atoms with Crippen molar-refractivity contribution in [3.05, 3.63) is 30.3 Å². The van der Waals surface area contributed by atoms with E-state index in [9.17, 15) is 13.2 Å². The molecule has 2 aliphatic heterocycles. The average Bonchev–Trinajstić information content (AvgIpc) is 2.73. The Kier molecular flexibility index (Phi) is 8.31. The topological polar surface area (TPSA) is 69.7 Å². The Bertz CT molecular complexity index is 766. The molecule has 0 aliphatic carbocycles. The predicted molar refractivity (Wildman–Crippen MR) is 120 cm³/mol. The van der Waals surface area contributed by atoms with Gasteiger partial charge in [0, 0.05) is 38.6 Å². The van der Waals surface area contributed by atoms with Crippen molar-refractivity contribution in [3.8, 4) is 0 Å². The van der Waals surface area contributed by atoms with E-state index in [-0.39, 0.29) is 11.8 Å². The van der Waals surface area contributed by atoms with Crippen LogP contribution in [0.25, 0.3) is 0 Å². The number of piperidine rings is 2. The summed E-state index contributed by atoms with van der Waals surface area (Å²) in [7, 11) is -3.46. The summed E-state index contributed by atoms with van der Waals surface area (Å²) in [6.45, 7) is 9.68. The van der Waals surface area contributed by atoms with Crippen LogP contribution in [0, 0.1) is 17.8 Å². The van der Waals surface area contributed by atoms with E-state index in [1.807, 2.05) is 6.07 Å². The molecule has 168 valence electrons. The lowest BCUT2D eigenvalue weighted by molar-refractivity contribution is -0.126. The molecule has 2 heterocycles. The standard InChI is InChI=1S/C23H37N3O3S/c1-19-16-20(2)18-25(17-19)13-7-6-12-24-23(27)21-10-14-26(15-11-21)30(28,29)22-8-4-3-5-9-22/h3-5,8-9,19-21H,6-7,10-18H2,1-2H3,(H,24,27). The minimum Gasteiger partial charge on any atom is -0.356 e. The summed E-state index contributed by atoms with van der Waals surface area (Å²) in [5, 5.41) is 3.07. The molecule has 0 saturated carbocycles. The molecule has 6 nitrogen and oxygen atoms in total. The van der Waals surface area contributed by atoms with Gasteiger partial charge in [-0.1, -0.05) is 32.0 Å². The molecule has 7 heteroatoms. The minimum absolute atomic E-state index is 0.0759. The molecule has 1 amide bonds. The lowest BCUT2D eigenvalue weighted by Gasteiger charge is -2.35. The number of nitrogens with one attached hydrogen (secondary N) is 1. The smallest absolute Gasteiger partial charge is 0.243 e. The minimum atomic E-state index is -3.46. The van der Waals surface area contributed by atoms with Gasteiger partial charge in [-0.05, 0) is 62.6 Å². The molecule has 1 aromatic rings. The zero-order valence-electron chi connectivity index (χ0n) is 18.4. The van der Waals surface area contributed by atoms with E-state index in [1.54, 1.807) is 24.3 Å². The number of amides is 1. The van der Waals surface area contributed by atoms with E-state index in [0.29, 0.717) is 37.4 Å². The fraction of sp³-hybridized carbons (Fsp3) is 0.696. The van der Waals surface area contributed by atoms with E-state index in [1.165, 1.54) is 23.8 Å². The van der Waals surface area contributed by atoms with Gasteiger partial charge in [0.05, 0.1) is 4.90 Å². The highest BCUT2D eigenvalue weighted by Crippen LogP contribution is 2.24. The Morgan fingerprint density at radius 3 is 2.30 bits per heavy atom. The van der Waals surface area contributed by atoms with Crippen LogP contribution >= 0.6 is 0 Å². The highest BCUT2D eigenvalue weighted by molar-refractivity contribution is 7.89. The maximum Gasteiger partial charge on any atom is 0.243 e. The Hall–Kier alpha value is -1.44. The second-order valence-electron chi connectivity index (χ2n) is 9.20. The Labute approximate surface area is 182 Å². The molecule has 0 aromatic heterocycles. The maximum absolute atomic E-state index is 12.7. The summed E-state index contributed by atoms with van der Waals surface area (Å²) < 4.78 is 26.9. The van der Waals surface area contributed by atoms with Crippen LogP contribution in [0.1, 0.15) is 46.0 Å². The first-order chi connectivity index (χ1) is 14.4. The van der Waals surface area contributed by atoms with Crippen LogP contribution in [0.5, 0.6) is 0 Å². The van der Waals surface area contributed by atoms with Crippen LogP contribution in [-0.4, -0.2) is 62.8 Å². The third-order valence-corrected chi connectivity index (χ3v) is 8.26. The summed E-state index contributed by atoms with van der Waals surface area (Å²) in [6, 6.07) is 8.53. The third kappa shape index (κ3) is 6.28. The van der Waals surface area contributed by atoms with E-state index in [4.69, 9.17) is 0 Å². The van der Waals surface area contributed by atoms with Crippen molar-refractivity contribution in [2.24, 2.45) is 17.8 Å². The number of sulfonamides is 1. The molecule has 0 spiro atoms. The normalized spacial score (nSPS) is 24.6. The summed E-state index contributed by atoms with van der Waals surface area (Å²) in [4.78, 5) is 15.4. The van der Waals surface area contributed by atoms with Crippen molar-refractivity contribution < 1.29 is 13.2 Å². The summed E-state index contributed by atoms with van der Waals surface area (Å²) >= 11 is 0. The van der Waals surface area contributed by atoms with Crippen LogP contribution in [-0.2, 0) is 14.8 Å². The van der Waals surface area contributed by atoms with Crippen molar-refractivity contribution in [1.82, 2.24) is 14.5 Å². The Morgan fingerprint density at radius 2 is 1.67 bits per heavy atom. The van der Waals surface area contributed by atoms with Gasteiger partial charge in [-0.3, -0.25) is 4.79 Å². The van der Waals surface area contributed by atoms with Crippen molar-refractivity contribution in [2.75, 3.05) is 39.3 Å². The molecule has 2 aliphatic rings. The summed E-state index contributed by atoms with van der Waals surface area (Å²) in [5.74, 6) is 1.55. The van der Waals surface area contributed by atoms with Crippen LogP contribution in [0.15, 0.2) is 35.2 Å². The highest BCUT2D eigenvalue weighted by Gasteiger charge is 2.31. The van der Waals surface area contributed by atoms with Gasteiger partial charge in [-0.15, -0.1) is 0 Å². The zero-order valence-corrected chi connectivity index (χ0v) is 19.2. The maximum atomic E-state index is 12.7. The largest absolute Gasteiger partial charge is 0.356 e. The molecule has 30 heavy (non-hydrogen) atoms. The van der Waals surface area contributed by atoms with E-state index in [0.717, 1.165) is 31.2 Å². The van der Waals surface area contributed by atoms with E-state index in [2.05, 4.69) is 24.1 Å². The number of hydrogen-bond acceptors (Lipinski definition) is 4. The van der Waals surface area contributed by atoms with Gasteiger partial charge in [0.25, 0.3) is 0 Å². The molecular formula is C23H37N3O3S. The fourth-order valence-electron chi connectivity index (χ4n) is 4.89. The molecular weight excluding hydrogens is 398 g/mol. The number of hydrogen-bond donors (Lipinski definition) is 1. The molecule has 2 atom stereocenters. The number of benzene rings is 1. The fourth-order valence-corrected chi connectivity index (χ4v) is 6.38. The lowest BCUT2D eigenvalue weighted by atomic mass is 9.92. The van der Waals surface area contributed by atoms with Crippen molar-refractivity contribution in [2.45, 2.75) is 50.8 Å². The average molecular weight is 436 g/mol. The predicted octanol–water partition coefficient (Wildman–Crippen LogP) is 2.96. The third-order valence-electron chi connectivity index (χ3n) is 6.35. The number of carbonyl (C=O) groups is 1. The van der Waals surface area contributed by atoms with Crippen LogP contribution in [0.4, 0.5) is 0 Å². The number of likely N-dealkylation sites (tertiary alicyclic amines) is 1. The molecule has 2 fully saturated rings. The first-order valence-corrected chi connectivity index (χ1v) is 12.9. The molecule has 2 unspecified atom stereocenters. The molecule has 1 aromatic carbocycles. The van der Waals surface area contributed by atoms with Gasteiger partial charge < -0.3 is 10.2 Å². The van der Waals surface area contributed by atoms with E-state index < -0.39 is 10.0 Å². The molecule has 2 saturated heterocycles. The number of carbonyl (C=O) groups excluding carboxylic acids is 1. The number of unbranched alkanes of at least 4 members (excludes halogenated alkanes) is 1. The molecule has 3 rings (SSSR count). The highest BCUT2D eigenvalue weighted by atomic mass is 32.2. The van der Waals surface area contributed by atoms with Gasteiger partial charge >= 0.3 is 0 Å². The first-order valence-electron chi connectivity index (χ1n) is 11.4. The molecule has 1 N–H and O–H groups in total. The van der Waals surface area contributed by atoms with Gasteiger partial charge in [0.2, 0.25) is 15.9 Å². The van der Waals surface area contributed by atoms with Crippen molar-refractivity contribution in [3.63, 3.8) is 0 Å². The van der Waals surface area contributed by atoms with Gasteiger partial charge in [-0.25, -0.2) is 8.42 Å². The quantitative estimate of drug-likeness (QED) is 0.638.